The maximum Gasteiger partial charge on any atom is 0.313 e. The molecule has 1 saturated carbocycles. The smallest absolute Gasteiger partial charge is 0.313 e. The lowest BCUT2D eigenvalue weighted by molar-refractivity contribution is -0.133. The number of carboxylic acid groups (broad SMARTS) is 1. The Kier molecular flexibility index (Phi) is 5.21. The first-order chi connectivity index (χ1) is 9.15. The van der Waals surface area contributed by atoms with Crippen LogP contribution in [0.25, 0.3) is 0 Å². The van der Waals surface area contributed by atoms with Gasteiger partial charge in [0.2, 0.25) is 0 Å². The van der Waals surface area contributed by atoms with Gasteiger partial charge in [-0.25, -0.2) is 4.98 Å². The molecule has 0 aliphatic heterocycles. The summed E-state index contributed by atoms with van der Waals surface area (Å²) in [4.78, 5) is 15.1. The monoisotopic (exact) mass is 300 g/mol. The molecular weight excluding hydrogens is 280 g/mol. The van der Waals surface area contributed by atoms with Crippen molar-refractivity contribution < 1.29 is 9.90 Å². The molecule has 19 heavy (non-hydrogen) atoms. The molecule has 1 aliphatic carbocycles. The molecule has 0 aromatic carbocycles. The highest BCUT2D eigenvalue weighted by Crippen LogP contribution is 2.39. The number of hydrogen-bond acceptors (Lipinski definition) is 4. The highest BCUT2D eigenvalue weighted by atomic mass is 32.2. The maximum atomic E-state index is 10.7. The maximum absolute atomic E-state index is 10.7. The number of aliphatic carboxylic acids is 1. The van der Waals surface area contributed by atoms with E-state index in [0.717, 1.165) is 16.8 Å². The van der Waals surface area contributed by atoms with Crippen molar-refractivity contribution in [2.75, 3.05) is 12.0 Å². The van der Waals surface area contributed by atoms with Crippen LogP contribution in [0.4, 0.5) is 0 Å². The van der Waals surface area contributed by atoms with E-state index in [1.165, 1.54) is 36.7 Å². The Morgan fingerprint density at radius 3 is 2.95 bits per heavy atom. The minimum atomic E-state index is -0.786. The first kappa shape index (κ1) is 14.8. The van der Waals surface area contributed by atoms with E-state index >= 15 is 0 Å². The van der Waals surface area contributed by atoms with Crippen LogP contribution >= 0.6 is 23.5 Å². The second-order valence-electron chi connectivity index (χ2n) is 4.76. The van der Waals surface area contributed by atoms with Gasteiger partial charge in [0.05, 0.1) is 5.75 Å². The van der Waals surface area contributed by atoms with E-state index in [9.17, 15) is 4.79 Å². The van der Waals surface area contributed by atoms with E-state index in [4.69, 9.17) is 5.11 Å². The summed E-state index contributed by atoms with van der Waals surface area (Å²) in [7, 11) is 0. The molecule has 4 nitrogen and oxygen atoms in total. The van der Waals surface area contributed by atoms with Crippen molar-refractivity contribution in [2.24, 2.45) is 0 Å². The van der Waals surface area contributed by atoms with Crippen molar-refractivity contribution >= 4 is 29.5 Å². The summed E-state index contributed by atoms with van der Waals surface area (Å²) in [6.45, 7) is 2.13. The summed E-state index contributed by atoms with van der Waals surface area (Å²) >= 11 is 3.27. The Balaban J connectivity index is 2.16. The average molecular weight is 300 g/mol. The normalized spacial score (nSPS) is 22.8. The van der Waals surface area contributed by atoms with E-state index in [-0.39, 0.29) is 5.75 Å². The topological polar surface area (TPSA) is 55.1 Å². The van der Waals surface area contributed by atoms with Crippen LogP contribution in [0, 0.1) is 0 Å². The van der Waals surface area contributed by atoms with Crippen LogP contribution in [0.5, 0.6) is 0 Å². The second-order valence-corrected chi connectivity index (χ2v) is 6.84. The van der Waals surface area contributed by atoms with Gasteiger partial charge in [-0.05, 0) is 31.9 Å². The molecule has 106 valence electrons. The molecule has 1 aliphatic rings. The average Bonchev–Trinajstić information content (AvgIpc) is 3.01. The van der Waals surface area contributed by atoms with E-state index in [0.29, 0.717) is 6.04 Å². The van der Waals surface area contributed by atoms with Gasteiger partial charge in [0, 0.05) is 23.2 Å². The number of imidazole rings is 1. The first-order valence-electron chi connectivity index (χ1n) is 6.59. The second kappa shape index (κ2) is 6.70. The predicted molar refractivity (Wildman–Crippen MR) is 80.2 cm³/mol. The first-order valence-corrected chi connectivity index (χ1v) is 8.86. The molecule has 1 heterocycles. The van der Waals surface area contributed by atoms with Crippen molar-refractivity contribution in [3.8, 4) is 0 Å². The van der Waals surface area contributed by atoms with E-state index in [1.807, 2.05) is 18.0 Å². The van der Waals surface area contributed by atoms with Crippen LogP contribution in [0.1, 0.15) is 37.9 Å². The highest BCUT2D eigenvalue weighted by Gasteiger charge is 2.28. The van der Waals surface area contributed by atoms with Crippen LogP contribution in [0.15, 0.2) is 11.4 Å². The van der Waals surface area contributed by atoms with Crippen LogP contribution in [-0.4, -0.2) is 37.9 Å². The van der Waals surface area contributed by atoms with Gasteiger partial charge in [-0.3, -0.25) is 4.79 Å². The molecule has 0 bridgehead atoms. The van der Waals surface area contributed by atoms with Crippen molar-refractivity contribution in [3.63, 3.8) is 0 Å². The third-order valence-electron chi connectivity index (χ3n) is 3.58. The molecule has 1 aromatic heterocycles. The van der Waals surface area contributed by atoms with Gasteiger partial charge in [-0.2, -0.15) is 11.8 Å². The van der Waals surface area contributed by atoms with Crippen LogP contribution in [0.3, 0.4) is 0 Å². The van der Waals surface area contributed by atoms with Crippen molar-refractivity contribution in [2.45, 2.75) is 49.1 Å². The highest BCUT2D eigenvalue weighted by molar-refractivity contribution is 7.99. The molecule has 2 rings (SSSR count). The molecule has 1 N–H and O–H groups in total. The number of aromatic nitrogens is 2. The fourth-order valence-corrected chi connectivity index (χ4v) is 4.20. The van der Waals surface area contributed by atoms with Gasteiger partial charge >= 0.3 is 5.97 Å². The molecule has 6 heteroatoms. The fraction of sp³-hybridized carbons (Fsp3) is 0.692. The van der Waals surface area contributed by atoms with Crippen LogP contribution in [0.2, 0.25) is 0 Å². The van der Waals surface area contributed by atoms with Crippen molar-refractivity contribution in [1.29, 1.82) is 0 Å². The molecular formula is C13H20N2O2S2. The minimum absolute atomic E-state index is 0.0822. The van der Waals surface area contributed by atoms with Gasteiger partial charge in [0.25, 0.3) is 0 Å². The summed E-state index contributed by atoms with van der Waals surface area (Å²) in [5, 5.41) is 10.4. The SMILES string of the molecule is CCc1cnc(SCC(=O)O)n1C1CCC(SC)C1. The van der Waals surface area contributed by atoms with Gasteiger partial charge < -0.3 is 9.67 Å². The number of carbonyl (C=O) groups is 1. The zero-order chi connectivity index (χ0) is 13.8. The zero-order valence-corrected chi connectivity index (χ0v) is 13.0. The van der Waals surface area contributed by atoms with Crippen molar-refractivity contribution in [3.05, 3.63) is 11.9 Å². The number of aryl methyl sites for hydroxylation is 1. The largest absolute Gasteiger partial charge is 0.481 e. The summed E-state index contributed by atoms with van der Waals surface area (Å²) < 4.78 is 2.28. The fourth-order valence-electron chi connectivity index (χ4n) is 2.63. The molecule has 2 atom stereocenters. The molecule has 0 amide bonds. The number of hydrogen-bond donors (Lipinski definition) is 1. The van der Waals surface area contributed by atoms with E-state index in [2.05, 4.69) is 22.7 Å². The summed E-state index contributed by atoms with van der Waals surface area (Å²) in [5.74, 6) is -0.704. The minimum Gasteiger partial charge on any atom is -0.481 e. The van der Waals surface area contributed by atoms with Crippen LogP contribution < -0.4 is 0 Å². The van der Waals surface area contributed by atoms with Gasteiger partial charge in [0.1, 0.15) is 0 Å². The Labute approximate surface area is 122 Å². The lowest BCUT2D eigenvalue weighted by atomic mass is 10.2. The molecule has 2 unspecified atom stereocenters. The van der Waals surface area contributed by atoms with Gasteiger partial charge in [-0.15, -0.1) is 0 Å². The van der Waals surface area contributed by atoms with Gasteiger partial charge in [0.15, 0.2) is 5.16 Å². The molecule has 1 aromatic rings. The number of rotatable bonds is 6. The third kappa shape index (κ3) is 3.48. The summed E-state index contributed by atoms with van der Waals surface area (Å²) in [6.07, 6.45) is 8.61. The molecule has 0 spiro atoms. The molecule has 0 saturated heterocycles. The Morgan fingerprint density at radius 2 is 2.37 bits per heavy atom. The Bertz CT molecular complexity index is 448. The Morgan fingerprint density at radius 1 is 1.58 bits per heavy atom. The predicted octanol–water partition coefficient (Wildman–Crippen LogP) is 3.08. The molecule has 1 fully saturated rings. The van der Waals surface area contributed by atoms with E-state index < -0.39 is 5.97 Å². The number of nitrogens with zero attached hydrogens (tertiary/aromatic N) is 2. The number of carboxylic acids is 1. The van der Waals surface area contributed by atoms with Gasteiger partial charge in [-0.1, -0.05) is 18.7 Å². The lowest BCUT2D eigenvalue weighted by Crippen LogP contribution is -2.11. The zero-order valence-electron chi connectivity index (χ0n) is 11.3. The summed E-state index contributed by atoms with van der Waals surface area (Å²) in [5.41, 5.74) is 1.22. The van der Waals surface area contributed by atoms with Crippen molar-refractivity contribution in [1.82, 2.24) is 9.55 Å². The standard InChI is InChI=1S/C13H20N2O2S2/c1-3-9-7-14-13(19-8-12(16)17)15(9)10-4-5-11(6-10)18-2/h7,10-11H,3-6,8H2,1-2H3,(H,16,17). The van der Waals surface area contributed by atoms with Crippen LogP contribution in [-0.2, 0) is 11.2 Å². The van der Waals surface area contributed by atoms with E-state index in [1.54, 1.807) is 0 Å². The molecule has 0 radical (unpaired) electrons. The number of thioether (sulfide) groups is 2. The lowest BCUT2D eigenvalue weighted by Gasteiger charge is -2.18. The quantitative estimate of drug-likeness (QED) is 0.818. The third-order valence-corrected chi connectivity index (χ3v) is 5.63. The summed E-state index contributed by atoms with van der Waals surface area (Å²) in [6, 6.07) is 0.492. The Hall–Kier alpha value is -0.620.